The Morgan fingerprint density at radius 3 is 1.36 bits per heavy atom. The number of aromatic hydroxyl groups is 2. The summed E-state index contributed by atoms with van der Waals surface area (Å²) in [7, 11) is 0. The summed E-state index contributed by atoms with van der Waals surface area (Å²) in [5.74, 6) is -1.57. The number of rotatable bonds is 2. The Labute approximate surface area is 125 Å². The predicted octanol–water partition coefficient (Wildman–Crippen LogP) is 4.71. The minimum Gasteiger partial charge on any atom is -0.507 e. The molecule has 2 nitrogen and oxygen atoms in total. The largest absolute Gasteiger partial charge is 0.507 e. The fraction of sp³-hybridized carbons (Fsp3) is 0. The molecule has 0 radical (unpaired) electrons. The van der Waals surface area contributed by atoms with Gasteiger partial charge in [-0.05, 0) is 18.2 Å². The lowest BCUT2D eigenvalue weighted by molar-refractivity contribution is 0.452. The van der Waals surface area contributed by atoms with Crippen molar-refractivity contribution in [2.75, 3.05) is 0 Å². The van der Waals surface area contributed by atoms with Crippen LogP contribution in [0.4, 0.5) is 8.78 Å². The summed E-state index contributed by atoms with van der Waals surface area (Å²) in [5, 5.41) is 20.0. The lowest BCUT2D eigenvalue weighted by atomic mass is 9.96. The molecule has 2 N–H and O–H groups in total. The van der Waals surface area contributed by atoms with E-state index in [1.165, 1.54) is 42.5 Å². The van der Waals surface area contributed by atoms with Crippen LogP contribution >= 0.6 is 0 Å². The van der Waals surface area contributed by atoms with Gasteiger partial charge in [0.1, 0.15) is 23.1 Å². The number of phenolic OH excluding ortho intramolecular Hbond substituents is 2. The Hall–Kier alpha value is -2.88. The van der Waals surface area contributed by atoms with Crippen molar-refractivity contribution in [3.8, 4) is 33.8 Å². The van der Waals surface area contributed by atoms with E-state index in [9.17, 15) is 19.0 Å². The minimum atomic E-state index is -0.511. The van der Waals surface area contributed by atoms with Gasteiger partial charge in [-0.15, -0.1) is 0 Å². The van der Waals surface area contributed by atoms with Gasteiger partial charge >= 0.3 is 0 Å². The SMILES string of the molecule is Oc1cc(O)c(-c2ccccc2F)cc1-c1ccccc1F. The molecule has 4 heteroatoms. The van der Waals surface area contributed by atoms with Crippen molar-refractivity contribution in [1.82, 2.24) is 0 Å². The van der Waals surface area contributed by atoms with Crippen LogP contribution in [-0.4, -0.2) is 10.2 Å². The fourth-order valence-electron chi connectivity index (χ4n) is 2.37. The molecule has 3 aromatic rings. The maximum absolute atomic E-state index is 13.9. The van der Waals surface area contributed by atoms with E-state index in [0.29, 0.717) is 0 Å². The second-order valence-corrected chi connectivity index (χ2v) is 4.85. The van der Waals surface area contributed by atoms with E-state index in [4.69, 9.17) is 0 Å². The highest BCUT2D eigenvalue weighted by Crippen LogP contribution is 2.40. The molecule has 0 aliphatic carbocycles. The summed E-state index contributed by atoms with van der Waals surface area (Å²) in [4.78, 5) is 0. The van der Waals surface area contributed by atoms with Gasteiger partial charge in [0.2, 0.25) is 0 Å². The molecule has 0 aliphatic heterocycles. The molecule has 0 saturated carbocycles. The number of hydrogen-bond acceptors (Lipinski definition) is 2. The number of hydrogen-bond donors (Lipinski definition) is 2. The summed E-state index contributed by atoms with van der Waals surface area (Å²) < 4.78 is 27.8. The molecule has 110 valence electrons. The topological polar surface area (TPSA) is 40.5 Å². The van der Waals surface area contributed by atoms with Crippen LogP contribution < -0.4 is 0 Å². The molecule has 0 saturated heterocycles. The molecule has 0 bridgehead atoms. The van der Waals surface area contributed by atoms with Crippen molar-refractivity contribution >= 4 is 0 Å². The van der Waals surface area contributed by atoms with Crippen molar-refractivity contribution in [2.45, 2.75) is 0 Å². The van der Waals surface area contributed by atoms with E-state index in [0.717, 1.165) is 6.07 Å². The highest BCUT2D eigenvalue weighted by atomic mass is 19.1. The Morgan fingerprint density at radius 1 is 0.545 bits per heavy atom. The second kappa shape index (κ2) is 5.48. The van der Waals surface area contributed by atoms with Crippen LogP contribution in [0.3, 0.4) is 0 Å². The quantitative estimate of drug-likeness (QED) is 0.719. The molecule has 0 unspecified atom stereocenters. The first-order valence-corrected chi connectivity index (χ1v) is 6.63. The Bertz CT molecular complexity index is 777. The van der Waals surface area contributed by atoms with Crippen molar-refractivity contribution in [3.05, 3.63) is 72.3 Å². The number of halogens is 2. The standard InChI is InChI=1S/C18H12F2O2/c19-15-7-3-1-5-11(15)13-9-14(18(22)10-17(13)21)12-6-2-4-8-16(12)20/h1-10,21-22H. The first-order valence-electron chi connectivity index (χ1n) is 6.63. The first-order chi connectivity index (χ1) is 10.6. The van der Waals surface area contributed by atoms with Gasteiger partial charge in [0.15, 0.2) is 0 Å². The minimum absolute atomic E-state index is 0.178. The molecular formula is C18H12F2O2. The van der Waals surface area contributed by atoms with E-state index in [2.05, 4.69) is 0 Å². The first kappa shape index (κ1) is 14.1. The van der Waals surface area contributed by atoms with Crippen LogP contribution in [0.25, 0.3) is 22.3 Å². The average molecular weight is 298 g/mol. The van der Waals surface area contributed by atoms with Gasteiger partial charge in [-0.2, -0.15) is 0 Å². The molecule has 22 heavy (non-hydrogen) atoms. The van der Waals surface area contributed by atoms with Gasteiger partial charge in [-0.25, -0.2) is 8.78 Å². The van der Waals surface area contributed by atoms with E-state index in [1.54, 1.807) is 12.1 Å². The highest BCUT2D eigenvalue weighted by molar-refractivity contribution is 5.81. The zero-order chi connectivity index (χ0) is 15.7. The Kier molecular flexibility index (Phi) is 3.51. The third kappa shape index (κ3) is 2.39. The Morgan fingerprint density at radius 2 is 0.955 bits per heavy atom. The maximum atomic E-state index is 13.9. The highest BCUT2D eigenvalue weighted by Gasteiger charge is 2.16. The van der Waals surface area contributed by atoms with Crippen LogP contribution in [0.15, 0.2) is 60.7 Å². The summed E-state index contributed by atoms with van der Waals surface area (Å²) in [5.41, 5.74) is 0.735. The predicted molar refractivity (Wildman–Crippen MR) is 80.6 cm³/mol. The van der Waals surface area contributed by atoms with Crippen molar-refractivity contribution < 1.29 is 19.0 Å². The lowest BCUT2D eigenvalue weighted by Crippen LogP contribution is -1.89. The molecule has 3 rings (SSSR count). The van der Waals surface area contributed by atoms with Crippen LogP contribution in [0, 0.1) is 11.6 Å². The van der Waals surface area contributed by atoms with Gasteiger partial charge < -0.3 is 10.2 Å². The Balaban J connectivity index is 2.25. The molecule has 0 heterocycles. The van der Waals surface area contributed by atoms with Crippen LogP contribution in [0.1, 0.15) is 0 Å². The van der Waals surface area contributed by atoms with Crippen LogP contribution in [0.5, 0.6) is 11.5 Å². The molecule has 0 spiro atoms. The molecule has 0 fully saturated rings. The molecule has 0 atom stereocenters. The lowest BCUT2D eigenvalue weighted by Gasteiger charge is -2.12. The van der Waals surface area contributed by atoms with Gasteiger partial charge in [-0.3, -0.25) is 0 Å². The van der Waals surface area contributed by atoms with Crippen molar-refractivity contribution in [1.29, 1.82) is 0 Å². The zero-order valence-corrected chi connectivity index (χ0v) is 11.4. The molecule has 3 aromatic carbocycles. The maximum Gasteiger partial charge on any atom is 0.131 e. The third-order valence-corrected chi connectivity index (χ3v) is 3.44. The number of benzene rings is 3. The molecular weight excluding hydrogens is 286 g/mol. The summed E-state index contributed by atoms with van der Waals surface area (Å²) >= 11 is 0. The summed E-state index contributed by atoms with van der Waals surface area (Å²) in [6.07, 6.45) is 0. The fourth-order valence-corrected chi connectivity index (χ4v) is 2.37. The monoisotopic (exact) mass is 298 g/mol. The van der Waals surface area contributed by atoms with Gasteiger partial charge in [-0.1, -0.05) is 36.4 Å². The van der Waals surface area contributed by atoms with E-state index < -0.39 is 11.6 Å². The summed E-state index contributed by atoms with van der Waals surface area (Å²) in [6.45, 7) is 0. The molecule has 0 aromatic heterocycles. The second-order valence-electron chi connectivity index (χ2n) is 4.85. The molecule has 0 aliphatic rings. The van der Waals surface area contributed by atoms with Crippen molar-refractivity contribution in [2.24, 2.45) is 0 Å². The van der Waals surface area contributed by atoms with Crippen LogP contribution in [0.2, 0.25) is 0 Å². The summed E-state index contributed by atoms with van der Waals surface area (Å²) in [6, 6.07) is 14.3. The zero-order valence-electron chi connectivity index (χ0n) is 11.4. The van der Waals surface area contributed by atoms with Gasteiger partial charge in [0, 0.05) is 28.3 Å². The van der Waals surface area contributed by atoms with E-state index in [1.807, 2.05) is 0 Å². The normalized spacial score (nSPS) is 10.6. The smallest absolute Gasteiger partial charge is 0.131 e. The van der Waals surface area contributed by atoms with Gasteiger partial charge in [0.25, 0.3) is 0 Å². The molecule has 0 amide bonds. The van der Waals surface area contributed by atoms with E-state index >= 15 is 0 Å². The van der Waals surface area contributed by atoms with Gasteiger partial charge in [0.05, 0.1) is 0 Å². The average Bonchev–Trinajstić information content (AvgIpc) is 2.50. The van der Waals surface area contributed by atoms with E-state index in [-0.39, 0.29) is 33.8 Å². The third-order valence-electron chi connectivity index (χ3n) is 3.44. The van der Waals surface area contributed by atoms with Crippen molar-refractivity contribution in [3.63, 3.8) is 0 Å². The van der Waals surface area contributed by atoms with Crippen LogP contribution in [-0.2, 0) is 0 Å². The number of phenols is 2.